The summed E-state index contributed by atoms with van der Waals surface area (Å²) >= 11 is 0. The van der Waals surface area contributed by atoms with Gasteiger partial charge in [-0.1, -0.05) is 5.16 Å². The lowest BCUT2D eigenvalue weighted by molar-refractivity contribution is -0.144. The summed E-state index contributed by atoms with van der Waals surface area (Å²) in [6, 6.07) is 6.06. The number of aromatic nitrogens is 4. The third-order valence-electron chi connectivity index (χ3n) is 3.66. The predicted octanol–water partition coefficient (Wildman–Crippen LogP) is 3.26. The Labute approximate surface area is 150 Å². The highest BCUT2D eigenvalue weighted by Gasteiger charge is 2.35. The first-order chi connectivity index (χ1) is 12.7. The van der Waals surface area contributed by atoms with E-state index in [-0.39, 0.29) is 12.2 Å². The summed E-state index contributed by atoms with van der Waals surface area (Å²) < 4.78 is 48.0. The Bertz CT molecular complexity index is 928. The van der Waals surface area contributed by atoms with Crippen LogP contribution in [0.1, 0.15) is 33.2 Å². The SMILES string of the molecule is Cc1noc(C)c1COc1ccc(C(=O)Nc2n[nH]c(C(F)(F)F)n2)cc1. The molecule has 1 aromatic carbocycles. The Balaban J connectivity index is 1.61. The van der Waals surface area contributed by atoms with Crippen molar-refractivity contribution >= 4 is 11.9 Å². The van der Waals surface area contributed by atoms with Crippen LogP contribution in [0.3, 0.4) is 0 Å². The topological polar surface area (TPSA) is 106 Å². The van der Waals surface area contributed by atoms with Crippen LogP contribution in [-0.4, -0.2) is 26.2 Å². The van der Waals surface area contributed by atoms with Crippen LogP contribution in [0.4, 0.5) is 19.1 Å². The predicted molar refractivity (Wildman–Crippen MR) is 86.1 cm³/mol. The van der Waals surface area contributed by atoms with Crippen molar-refractivity contribution in [2.45, 2.75) is 26.6 Å². The van der Waals surface area contributed by atoms with E-state index < -0.39 is 23.9 Å². The molecule has 2 aromatic heterocycles. The molecule has 0 bridgehead atoms. The molecular weight excluding hydrogens is 367 g/mol. The zero-order chi connectivity index (χ0) is 19.6. The summed E-state index contributed by atoms with van der Waals surface area (Å²) in [5, 5.41) is 11.0. The quantitative estimate of drug-likeness (QED) is 0.703. The first-order valence-electron chi connectivity index (χ1n) is 7.69. The smallest absolute Gasteiger partial charge is 0.451 e. The molecule has 0 unspecified atom stereocenters. The van der Waals surface area contributed by atoms with Crippen molar-refractivity contribution in [1.82, 2.24) is 20.3 Å². The van der Waals surface area contributed by atoms with E-state index in [1.54, 1.807) is 31.1 Å². The van der Waals surface area contributed by atoms with Gasteiger partial charge in [0.25, 0.3) is 5.91 Å². The number of carbonyl (C=O) groups is 1. The van der Waals surface area contributed by atoms with Crippen LogP contribution in [0.15, 0.2) is 28.8 Å². The Morgan fingerprint density at radius 2 is 1.96 bits per heavy atom. The summed E-state index contributed by atoms with van der Waals surface area (Å²) in [6.45, 7) is 3.83. The minimum absolute atomic E-state index is 0.207. The molecule has 1 amide bonds. The molecule has 0 spiro atoms. The standard InChI is InChI=1S/C16H14F3N5O3/c1-8-12(9(2)27-24-8)7-26-11-5-3-10(4-6-11)13(25)20-15-21-14(22-23-15)16(17,18)19/h3-6H,7H2,1-2H3,(H2,20,21,22,23,25). The van der Waals surface area contributed by atoms with Gasteiger partial charge in [-0.2, -0.15) is 18.2 Å². The number of H-pyrrole nitrogens is 1. The maximum absolute atomic E-state index is 12.5. The van der Waals surface area contributed by atoms with E-state index in [0.717, 1.165) is 11.3 Å². The Hall–Kier alpha value is -3.37. The number of nitrogens with zero attached hydrogens (tertiary/aromatic N) is 3. The highest BCUT2D eigenvalue weighted by molar-refractivity contribution is 6.03. The van der Waals surface area contributed by atoms with E-state index >= 15 is 0 Å². The number of anilines is 1. The molecule has 2 N–H and O–H groups in total. The van der Waals surface area contributed by atoms with Gasteiger partial charge >= 0.3 is 6.18 Å². The van der Waals surface area contributed by atoms with E-state index in [2.05, 4.69) is 20.6 Å². The second-order valence-corrected chi connectivity index (χ2v) is 5.58. The van der Waals surface area contributed by atoms with Gasteiger partial charge in [0.2, 0.25) is 11.8 Å². The van der Waals surface area contributed by atoms with Crippen molar-refractivity contribution in [1.29, 1.82) is 0 Å². The van der Waals surface area contributed by atoms with Crippen LogP contribution in [-0.2, 0) is 12.8 Å². The Morgan fingerprint density at radius 3 is 2.52 bits per heavy atom. The molecule has 0 aliphatic carbocycles. The van der Waals surface area contributed by atoms with Gasteiger partial charge < -0.3 is 9.26 Å². The van der Waals surface area contributed by atoms with Gasteiger partial charge in [-0.3, -0.25) is 15.2 Å². The number of hydrogen-bond acceptors (Lipinski definition) is 6. The Morgan fingerprint density at radius 1 is 1.26 bits per heavy atom. The fourth-order valence-corrected chi connectivity index (χ4v) is 2.18. The van der Waals surface area contributed by atoms with E-state index in [0.29, 0.717) is 11.5 Å². The molecule has 0 atom stereocenters. The Kier molecular flexibility index (Phi) is 4.84. The first kappa shape index (κ1) is 18.4. The van der Waals surface area contributed by atoms with E-state index in [4.69, 9.17) is 9.26 Å². The monoisotopic (exact) mass is 381 g/mol. The van der Waals surface area contributed by atoms with Crippen molar-refractivity contribution in [3.05, 3.63) is 52.7 Å². The van der Waals surface area contributed by atoms with Crippen LogP contribution in [0.5, 0.6) is 5.75 Å². The minimum atomic E-state index is -4.67. The summed E-state index contributed by atoms with van der Waals surface area (Å²) in [5.41, 5.74) is 1.77. The number of halogens is 3. The fourth-order valence-electron chi connectivity index (χ4n) is 2.18. The number of hydrogen-bond donors (Lipinski definition) is 2. The average Bonchev–Trinajstić information content (AvgIpc) is 3.21. The summed E-state index contributed by atoms with van der Waals surface area (Å²) in [4.78, 5) is 15.2. The normalized spacial score (nSPS) is 11.4. The third-order valence-corrected chi connectivity index (χ3v) is 3.66. The van der Waals surface area contributed by atoms with Crippen LogP contribution in [0.25, 0.3) is 0 Å². The molecule has 11 heteroatoms. The molecule has 0 saturated heterocycles. The van der Waals surface area contributed by atoms with Crippen LogP contribution in [0, 0.1) is 13.8 Å². The molecule has 8 nitrogen and oxygen atoms in total. The number of aromatic amines is 1. The van der Waals surface area contributed by atoms with Gasteiger partial charge in [-0.25, -0.2) is 0 Å². The number of amides is 1. The highest BCUT2D eigenvalue weighted by atomic mass is 19.4. The summed E-state index contributed by atoms with van der Waals surface area (Å²) in [7, 11) is 0. The zero-order valence-electron chi connectivity index (χ0n) is 14.2. The van der Waals surface area contributed by atoms with Crippen LogP contribution in [0.2, 0.25) is 0 Å². The van der Waals surface area contributed by atoms with Gasteiger partial charge in [0.1, 0.15) is 18.1 Å². The van der Waals surface area contributed by atoms with Crippen molar-refractivity contribution in [3.8, 4) is 5.75 Å². The average molecular weight is 381 g/mol. The minimum Gasteiger partial charge on any atom is -0.489 e. The summed E-state index contributed by atoms with van der Waals surface area (Å²) in [6.07, 6.45) is -4.67. The second-order valence-electron chi connectivity index (χ2n) is 5.58. The maximum Gasteiger partial charge on any atom is 0.451 e. The van der Waals surface area contributed by atoms with Gasteiger partial charge in [-0.05, 0) is 38.1 Å². The van der Waals surface area contributed by atoms with Gasteiger partial charge in [0, 0.05) is 5.56 Å². The molecule has 0 aliphatic heterocycles. The van der Waals surface area contributed by atoms with Gasteiger partial charge in [0.15, 0.2) is 0 Å². The number of benzene rings is 1. The molecule has 142 valence electrons. The number of ether oxygens (including phenoxy) is 1. The molecule has 27 heavy (non-hydrogen) atoms. The van der Waals surface area contributed by atoms with Crippen molar-refractivity contribution in [3.63, 3.8) is 0 Å². The zero-order valence-corrected chi connectivity index (χ0v) is 14.2. The highest BCUT2D eigenvalue weighted by Crippen LogP contribution is 2.26. The third kappa shape index (κ3) is 4.25. The van der Waals surface area contributed by atoms with Gasteiger partial charge in [0.05, 0.1) is 11.3 Å². The second kappa shape index (κ2) is 7.09. The van der Waals surface area contributed by atoms with E-state index in [1.165, 1.54) is 12.1 Å². The number of rotatable bonds is 5. The molecule has 0 radical (unpaired) electrons. The number of aryl methyl sites for hydroxylation is 2. The first-order valence-corrected chi connectivity index (χ1v) is 7.69. The number of carbonyl (C=O) groups excluding carboxylic acids is 1. The van der Waals surface area contributed by atoms with Crippen molar-refractivity contribution < 1.29 is 27.2 Å². The maximum atomic E-state index is 12.5. The van der Waals surface area contributed by atoms with E-state index in [1.807, 2.05) is 0 Å². The lowest BCUT2D eigenvalue weighted by atomic mass is 10.2. The molecule has 0 fully saturated rings. The lowest BCUT2D eigenvalue weighted by Gasteiger charge is -2.07. The molecule has 0 aliphatic rings. The summed E-state index contributed by atoms with van der Waals surface area (Å²) in [5.74, 6) is -1.25. The largest absolute Gasteiger partial charge is 0.489 e. The molecule has 2 heterocycles. The van der Waals surface area contributed by atoms with E-state index in [9.17, 15) is 18.0 Å². The lowest BCUT2D eigenvalue weighted by Crippen LogP contribution is -2.13. The van der Waals surface area contributed by atoms with Crippen LogP contribution >= 0.6 is 0 Å². The molecule has 3 aromatic rings. The molecule has 0 saturated carbocycles. The van der Waals surface area contributed by atoms with Crippen molar-refractivity contribution in [2.24, 2.45) is 0 Å². The molecular formula is C16H14F3N5O3. The number of nitrogens with one attached hydrogen (secondary N) is 2. The fraction of sp³-hybridized carbons (Fsp3) is 0.250. The van der Waals surface area contributed by atoms with Crippen molar-refractivity contribution in [2.75, 3.05) is 5.32 Å². The van der Waals surface area contributed by atoms with Gasteiger partial charge in [-0.15, -0.1) is 5.10 Å². The number of alkyl halides is 3. The molecule has 3 rings (SSSR count). The van der Waals surface area contributed by atoms with Crippen LogP contribution < -0.4 is 10.1 Å².